The molecule has 1 saturated carbocycles. The van der Waals surface area contributed by atoms with Crippen LogP contribution in [0.4, 0.5) is 0 Å². The molecule has 1 aliphatic carbocycles. The van der Waals surface area contributed by atoms with Crippen molar-refractivity contribution < 1.29 is 4.79 Å². The number of hydrogen-bond donors (Lipinski definition) is 2. The van der Waals surface area contributed by atoms with Crippen molar-refractivity contribution in [2.75, 3.05) is 0 Å². The van der Waals surface area contributed by atoms with Crippen molar-refractivity contribution >= 4 is 23.1 Å². The Morgan fingerprint density at radius 1 is 1.39 bits per heavy atom. The van der Waals surface area contributed by atoms with Crippen LogP contribution in [-0.4, -0.2) is 16.9 Å². The average Bonchev–Trinajstić information content (AvgIpc) is 2.53. The summed E-state index contributed by atoms with van der Waals surface area (Å²) in [6, 6.07) is 0.294. The van der Waals surface area contributed by atoms with Crippen LogP contribution in [0.2, 0.25) is 0 Å². The van der Waals surface area contributed by atoms with Gasteiger partial charge in [-0.1, -0.05) is 38.9 Å². The van der Waals surface area contributed by atoms with Gasteiger partial charge in [0, 0.05) is 6.04 Å². The zero-order valence-electron chi connectivity index (χ0n) is 11.8. The van der Waals surface area contributed by atoms with Crippen molar-refractivity contribution in [3.63, 3.8) is 0 Å². The van der Waals surface area contributed by atoms with Crippen LogP contribution in [0.3, 0.4) is 0 Å². The van der Waals surface area contributed by atoms with Crippen LogP contribution < -0.4 is 11.1 Å². The van der Waals surface area contributed by atoms with Gasteiger partial charge >= 0.3 is 0 Å². The van der Waals surface area contributed by atoms with E-state index < -0.39 is 5.41 Å². The summed E-state index contributed by atoms with van der Waals surface area (Å²) in [5, 5.41) is 3.15. The molecule has 3 atom stereocenters. The summed E-state index contributed by atoms with van der Waals surface area (Å²) in [6.07, 6.45) is 6.46. The Kier molecular flexibility index (Phi) is 5.57. The van der Waals surface area contributed by atoms with Crippen molar-refractivity contribution in [3.05, 3.63) is 0 Å². The molecule has 0 heterocycles. The smallest absolute Gasteiger partial charge is 0.232 e. The van der Waals surface area contributed by atoms with Crippen molar-refractivity contribution in [2.45, 2.75) is 65.3 Å². The molecule has 3 unspecified atom stereocenters. The molecular weight excluding hydrogens is 244 g/mol. The van der Waals surface area contributed by atoms with E-state index in [1.54, 1.807) is 0 Å². The maximum atomic E-state index is 12.3. The number of nitrogens with two attached hydrogens (primary N) is 1. The molecule has 1 rings (SSSR count). The molecule has 0 bridgehead atoms. The second-order valence-electron chi connectivity index (χ2n) is 5.83. The lowest BCUT2D eigenvalue weighted by molar-refractivity contribution is -0.127. The highest BCUT2D eigenvalue weighted by atomic mass is 32.1. The topological polar surface area (TPSA) is 55.1 Å². The van der Waals surface area contributed by atoms with Crippen LogP contribution in [-0.2, 0) is 4.79 Å². The van der Waals surface area contributed by atoms with Gasteiger partial charge in [0.15, 0.2) is 0 Å². The predicted molar refractivity (Wildman–Crippen MR) is 79.4 cm³/mol. The lowest BCUT2D eigenvalue weighted by Crippen LogP contribution is -2.49. The number of amides is 1. The maximum Gasteiger partial charge on any atom is 0.232 e. The fourth-order valence-electron chi connectivity index (χ4n) is 2.42. The van der Waals surface area contributed by atoms with Gasteiger partial charge in [-0.3, -0.25) is 4.79 Å². The first-order valence-corrected chi connectivity index (χ1v) is 7.41. The number of thiocarbonyl (C=S) groups is 1. The zero-order valence-corrected chi connectivity index (χ0v) is 12.6. The number of rotatable bonds is 4. The van der Waals surface area contributed by atoms with Crippen molar-refractivity contribution in [1.29, 1.82) is 0 Å². The summed E-state index contributed by atoms with van der Waals surface area (Å²) in [7, 11) is 0. The molecule has 4 heteroatoms. The van der Waals surface area contributed by atoms with E-state index in [1.165, 1.54) is 19.3 Å². The van der Waals surface area contributed by atoms with Gasteiger partial charge in [0.1, 0.15) is 0 Å². The fourth-order valence-corrected chi connectivity index (χ4v) is 2.66. The summed E-state index contributed by atoms with van der Waals surface area (Å²) >= 11 is 5.04. The van der Waals surface area contributed by atoms with E-state index >= 15 is 0 Å². The summed E-state index contributed by atoms with van der Waals surface area (Å²) in [6.45, 7) is 6.08. The summed E-state index contributed by atoms with van der Waals surface area (Å²) in [4.78, 5) is 12.6. The third-order valence-corrected chi connectivity index (χ3v) is 4.80. The van der Waals surface area contributed by atoms with E-state index in [0.717, 1.165) is 18.8 Å². The first-order valence-electron chi connectivity index (χ1n) is 7.01. The SMILES string of the molecule is CCC(C)(C(=O)NC1CCCC(C)CC1)C(N)=S. The normalized spacial score (nSPS) is 27.9. The first-order chi connectivity index (χ1) is 8.40. The molecule has 1 aliphatic rings. The highest BCUT2D eigenvalue weighted by Crippen LogP contribution is 2.26. The van der Waals surface area contributed by atoms with Crippen LogP contribution in [0.1, 0.15) is 59.3 Å². The molecule has 1 fully saturated rings. The van der Waals surface area contributed by atoms with Gasteiger partial charge in [-0.05, 0) is 38.5 Å². The molecule has 0 aromatic heterocycles. The second-order valence-corrected chi connectivity index (χ2v) is 6.27. The Morgan fingerprint density at radius 2 is 2.06 bits per heavy atom. The molecule has 0 radical (unpaired) electrons. The molecule has 0 spiro atoms. The maximum absolute atomic E-state index is 12.3. The fraction of sp³-hybridized carbons (Fsp3) is 0.857. The molecule has 104 valence electrons. The minimum absolute atomic E-state index is 0.00273. The van der Waals surface area contributed by atoms with Crippen LogP contribution in [0, 0.1) is 11.3 Å². The minimum Gasteiger partial charge on any atom is -0.392 e. The van der Waals surface area contributed by atoms with Gasteiger partial charge in [-0.2, -0.15) is 0 Å². The monoisotopic (exact) mass is 270 g/mol. The summed E-state index contributed by atoms with van der Waals surface area (Å²) in [5.74, 6) is 0.775. The van der Waals surface area contributed by atoms with Crippen molar-refractivity contribution in [3.8, 4) is 0 Å². The van der Waals surface area contributed by atoms with Crippen LogP contribution >= 0.6 is 12.2 Å². The molecule has 1 amide bonds. The third-order valence-electron chi connectivity index (χ3n) is 4.34. The number of carbonyl (C=O) groups excluding carboxylic acids is 1. The third kappa shape index (κ3) is 3.67. The van der Waals surface area contributed by atoms with Crippen LogP contribution in [0.25, 0.3) is 0 Å². The van der Waals surface area contributed by atoms with Crippen molar-refractivity contribution in [2.24, 2.45) is 17.1 Å². The first kappa shape index (κ1) is 15.4. The van der Waals surface area contributed by atoms with Gasteiger partial charge < -0.3 is 11.1 Å². The van der Waals surface area contributed by atoms with Gasteiger partial charge in [0.25, 0.3) is 0 Å². The zero-order chi connectivity index (χ0) is 13.8. The number of hydrogen-bond acceptors (Lipinski definition) is 2. The van der Waals surface area contributed by atoms with Gasteiger partial charge in [0.05, 0.1) is 10.4 Å². The van der Waals surface area contributed by atoms with E-state index in [-0.39, 0.29) is 5.91 Å². The van der Waals surface area contributed by atoms with E-state index in [0.29, 0.717) is 17.5 Å². The second kappa shape index (κ2) is 6.50. The van der Waals surface area contributed by atoms with E-state index in [9.17, 15) is 4.79 Å². The van der Waals surface area contributed by atoms with E-state index in [2.05, 4.69) is 12.2 Å². The largest absolute Gasteiger partial charge is 0.392 e. The number of nitrogens with one attached hydrogen (secondary N) is 1. The summed E-state index contributed by atoms with van der Waals surface area (Å²) in [5.41, 5.74) is 5.01. The molecule has 0 aromatic carbocycles. The Balaban J connectivity index is 2.60. The highest BCUT2D eigenvalue weighted by molar-refractivity contribution is 7.80. The van der Waals surface area contributed by atoms with E-state index in [1.807, 2.05) is 13.8 Å². The standard InChI is InChI=1S/C14H26N2OS/c1-4-14(3,12(15)18)13(17)16-11-7-5-6-10(2)8-9-11/h10-11H,4-9H2,1-3H3,(H2,15,18)(H,16,17). The van der Waals surface area contributed by atoms with Gasteiger partial charge in [-0.25, -0.2) is 0 Å². The Labute approximate surface area is 116 Å². The molecule has 0 saturated heterocycles. The van der Waals surface area contributed by atoms with Gasteiger partial charge in [-0.15, -0.1) is 0 Å². The Bertz CT molecular complexity index is 319. The quantitative estimate of drug-likeness (QED) is 0.610. The predicted octanol–water partition coefficient (Wildman–Crippen LogP) is 2.77. The molecule has 3 nitrogen and oxygen atoms in total. The van der Waals surface area contributed by atoms with E-state index in [4.69, 9.17) is 18.0 Å². The Morgan fingerprint density at radius 3 is 2.61 bits per heavy atom. The highest BCUT2D eigenvalue weighted by Gasteiger charge is 2.35. The molecule has 0 aliphatic heterocycles. The Hall–Kier alpha value is -0.640. The molecular formula is C14H26N2OS. The lowest BCUT2D eigenvalue weighted by Gasteiger charge is -2.28. The van der Waals surface area contributed by atoms with Crippen LogP contribution in [0.15, 0.2) is 0 Å². The minimum atomic E-state index is -0.701. The number of carbonyl (C=O) groups is 1. The molecule has 3 N–H and O–H groups in total. The molecule has 18 heavy (non-hydrogen) atoms. The summed E-state index contributed by atoms with van der Waals surface area (Å²) < 4.78 is 0. The molecule has 0 aromatic rings. The van der Waals surface area contributed by atoms with Crippen molar-refractivity contribution in [1.82, 2.24) is 5.32 Å². The lowest BCUT2D eigenvalue weighted by atomic mass is 9.86. The average molecular weight is 270 g/mol. The van der Waals surface area contributed by atoms with Gasteiger partial charge in [0.2, 0.25) is 5.91 Å². The van der Waals surface area contributed by atoms with Crippen LogP contribution in [0.5, 0.6) is 0 Å².